The van der Waals surface area contributed by atoms with Crippen LogP contribution in [-0.2, 0) is 0 Å². The van der Waals surface area contributed by atoms with Gasteiger partial charge in [0.15, 0.2) is 11.5 Å². The van der Waals surface area contributed by atoms with Crippen LogP contribution < -0.4 is 24.4 Å². The Balaban J connectivity index is 2.23. The molecule has 2 aromatic rings. The van der Waals surface area contributed by atoms with Crippen molar-refractivity contribution in [2.45, 2.75) is 20.8 Å². The van der Waals surface area contributed by atoms with Crippen molar-refractivity contribution >= 4 is 11.6 Å². The van der Waals surface area contributed by atoms with E-state index in [1.165, 1.54) is 14.2 Å². The van der Waals surface area contributed by atoms with E-state index in [1.54, 1.807) is 25.1 Å². The van der Waals surface area contributed by atoms with Gasteiger partial charge >= 0.3 is 0 Å². The molecule has 1 N–H and O–H groups in total. The van der Waals surface area contributed by atoms with Gasteiger partial charge in [-0.05, 0) is 57.2 Å². The SMILES string of the molecule is CCOc1ccc(OCC)c(/C(C)=N\NC(=O)c2ccc(OC)c(OC)c2)c1. The Labute approximate surface area is 165 Å². The largest absolute Gasteiger partial charge is 0.494 e. The number of hydrogen-bond donors (Lipinski definition) is 1. The zero-order valence-electron chi connectivity index (χ0n) is 16.9. The molecule has 7 nitrogen and oxygen atoms in total. The molecule has 2 aromatic carbocycles. The van der Waals surface area contributed by atoms with Gasteiger partial charge in [-0.2, -0.15) is 5.10 Å². The second kappa shape index (κ2) is 10.2. The first-order valence-electron chi connectivity index (χ1n) is 9.00. The van der Waals surface area contributed by atoms with Crippen molar-refractivity contribution in [2.75, 3.05) is 27.4 Å². The summed E-state index contributed by atoms with van der Waals surface area (Å²) in [6, 6.07) is 10.4. The lowest BCUT2D eigenvalue weighted by atomic mass is 10.1. The van der Waals surface area contributed by atoms with Gasteiger partial charge in [-0.25, -0.2) is 5.43 Å². The fraction of sp³-hybridized carbons (Fsp3) is 0.333. The van der Waals surface area contributed by atoms with E-state index in [1.807, 2.05) is 32.0 Å². The fourth-order valence-corrected chi connectivity index (χ4v) is 2.57. The fourth-order valence-electron chi connectivity index (χ4n) is 2.57. The maximum absolute atomic E-state index is 12.5. The standard InChI is InChI=1S/C21H26N2O5/c1-6-27-16-9-11-18(28-7-2)17(13-16)14(3)22-23-21(24)15-8-10-19(25-4)20(12-15)26-5/h8-13H,6-7H2,1-5H3,(H,23,24)/b22-14-. The third-order valence-corrected chi connectivity index (χ3v) is 3.92. The second-order valence-corrected chi connectivity index (χ2v) is 5.73. The molecule has 28 heavy (non-hydrogen) atoms. The van der Waals surface area contributed by atoms with Crippen molar-refractivity contribution in [1.82, 2.24) is 5.43 Å². The zero-order valence-corrected chi connectivity index (χ0v) is 16.9. The first-order valence-corrected chi connectivity index (χ1v) is 9.00. The molecule has 0 unspecified atom stereocenters. The molecule has 0 aliphatic heterocycles. The minimum Gasteiger partial charge on any atom is -0.494 e. The second-order valence-electron chi connectivity index (χ2n) is 5.73. The van der Waals surface area contributed by atoms with Crippen LogP contribution >= 0.6 is 0 Å². The van der Waals surface area contributed by atoms with Gasteiger partial charge in [0.25, 0.3) is 5.91 Å². The van der Waals surface area contributed by atoms with Crippen LogP contribution in [0.1, 0.15) is 36.7 Å². The molecule has 0 aliphatic carbocycles. The van der Waals surface area contributed by atoms with Crippen molar-refractivity contribution in [2.24, 2.45) is 5.10 Å². The summed E-state index contributed by atoms with van der Waals surface area (Å²) in [5.41, 5.74) is 4.31. The van der Waals surface area contributed by atoms with E-state index in [0.717, 1.165) is 5.56 Å². The highest BCUT2D eigenvalue weighted by atomic mass is 16.5. The summed E-state index contributed by atoms with van der Waals surface area (Å²) in [5, 5.41) is 4.22. The molecule has 0 saturated heterocycles. The molecule has 0 bridgehead atoms. The molecular weight excluding hydrogens is 360 g/mol. The summed E-state index contributed by atoms with van der Waals surface area (Å²) in [6.07, 6.45) is 0. The third kappa shape index (κ3) is 5.16. The van der Waals surface area contributed by atoms with Crippen LogP contribution in [0.4, 0.5) is 0 Å². The van der Waals surface area contributed by atoms with Crippen LogP contribution in [0.3, 0.4) is 0 Å². The number of benzene rings is 2. The highest BCUT2D eigenvalue weighted by Crippen LogP contribution is 2.28. The van der Waals surface area contributed by atoms with Crippen LogP contribution in [0.2, 0.25) is 0 Å². The van der Waals surface area contributed by atoms with Gasteiger partial charge in [0.1, 0.15) is 11.5 Å². The summed E-state index contributed by atoms with van der Waals surface area (Å²) >= 11 is 0. The maximum atomic E-state index is 12.5. The lowest BCUT2D eigenvalue weighted by molar-refractivity contribution is 0.0954. The molecule has 2 rings (SSSR count). The van der Waals surface area contributed by atoms with Crippen LogP contribution in [0.5, 0.6) is 23.0 Å². The maximum Gasteiger partial charge on any atom is 0.271 e. The molecule has 0 spiro atoms. The van der Waals surface area contributed by atoms with Gasteiger partial charge in [0, 0.05) is 11.1 Å². The molecule has 0 heterocycles. The molecule has 0 radical (unpaired) electrons. The Kier molecular flexibility index (Phi) is 7.68. The molecule has 0 aliphatic rings. The van der Waals surface area contributed by atoms with Crippen LogP contribution in [-0.4, -0.2) is 39.1 Å². The van der Waals surface area contributed by atoms with Gasteiger partial charge < -0.3 is 18.9 Å². The lowest BCUT2D eigenvalue weighted by Gasteiger charge is -2.13. The molecule has 0 atom stereocenters. The number of rotatable bonds is 9. The molecular formula is C21H26N2O5. The van der Waals surface area contributed by atoms with Crippen LogP contribution in [0, 0.1) is 0 Å². The van der Waals surface area contributed by atoms with Gasteiger partial charge in [0.05, 0.1) is 33.1 Å². The number of methoxy groups -OCH3 is 2. The van der Waals surface area contributed by atoms with E-state index < -0.39 is 0 Å². The van der Waals surface area contributed by atoms with E-state index in [0.29, 0.717) is 47.5 Å². The Morgan fingerprint density at radius 1 is 0.929 bits per heavy atom. The number of carbonyl (C=O) groups is 1. The first-order chi connectivity index (χ1) is 13.5. The van der Waals surface area contributed by atoms with Gasteiger partial charge in [-0.15, -0.1) is 0 Å². The summed E-state index contributed by atoms with van der Waals surface area (Å²) in [7, 11) is 3.06. The lowest BCUT2D eigenvalue weighted by Crippen LogP contribution is -2.19. The predicted molar refractivity (Wildman–Crippen MR) is 108 cm³/mol. The molecule has 0 saturated carbocycles. The number of hydrogen-bond acceptors (Lipinski definition) is 6. The summed E-state index contributed by atoms with van der Waals surface area (Å²) in [4.78, 5) is 12.5. The van der Waals surface area contributed by atoms with E-state index in [9.17, 15) is 4.79 Å². The number of amides is 1. The highest BCUT2D eigenvalue weighted by Gasteiger charge is 2.12. The smallest absolute Gasteiger partial charge is 0.271 e. The zero-order chi connectivity index (χ0) is 20.5. The van der Waals surface area contributed by atoms with Crippen LogP contribution in [0.25, 0.3) is 0 Å². The van der Waals surface area contributed by atoms with Crippen molar-refractivity contribution < 1.29 is 23.7 Å². The van der Waals surface area contributed by atoms with Crippen LogP contribution in [0.15, 0.2) is 41.5 Å². The number of hydrazone groups is 1. The van der Waals surface area contributed by atoms with Gasteiger partial charge in [0.2, 0.25) is 0 Å². The number of nitrogens with zero attached hydrogens (tertiary/aromatic N) is 1. The van der Waals surface area contributed by atoms with Gasteiger partial charge in [-0.1, -0.05) is 0 Å². The van der Waals surface area contributed by atoms with Crippen molar-refractivity contribution in [3.8, 4) is 23.0 Å². The summed E-state index contributed by atoms with van der Waals surface area (Å²) in [5.74, 6) is 2.04. The van der Waals surface area contributed by atoms with E-state index >= 15 is 0 Å². The average molecular weight is 386 g/mol. The molecule has 1 amide bonds. The topological polar surface area (TPSA) is 78.4 Å². The predicted octanol–water partition coefficient (Wildman–Crippen LogP) is 3.66. The Hall–Kier alpha value is -3.22. The Morgan fingerprint density at radius 2 is 1.61 bits per heavy atom. The number of ether oxygens (including phenoxy) is 4. The normalized spacial score (nSPS) is 11.0. The third-order valence-electron chi connectivity index (χ3n) is 3.92. The molecule has 150 valence electrons. The van der Waals surface area contributed by atoms with E-state index in [2.05, 4.69) is 10.5 Å². The Morgan fingerprint density at radius 3 is 2.25 bits per heavy atom. The molecule has 0 fully saturated rings. The van der Waals surface area contributed by atoms with Crippen molar-refractivity contribution in [1.29, 1.82) is 0 Å². The van der Waals surface area contributed by atoms with E-state index in [-0.39, 0.29) is 5.91 Å². The van der Waals surface area contributed by atoms with Crippen molar-refractivity contribution in [3.63, 3.8) is 0 Å². The monoisotopic (exact) mass is 386 g/mol. The molecule has 0 aromatic heterocycles. The molecule has 7 heteroatoms. The Bertz CT molecular complexity index is 849. The number of carbonyl (C=O) groups excluding carboxylic acids is 1. The minimum absolute atomic E-state index is 0.362. The quantitative estimate of drug-likeness (QED) is 0.526. The van der Waals surface area contributed by atoms with Gasteiger partial charge in [-0.3, -0.25) is 4.79 Å². The highest BCUT2D eigenvalue weighted by molar-refractivity contribution is 6.03. The average Bonchev–Trinajstić information content (AvgIpc) is 2.72. The van der Waals surface area contributed by atoms with Crippen molar-refractivity contribution in [3.05, 3.63) is 47.5 Å². The summed E-state index contributed by atoms with van der Waals surface area (Å²) < 4.78 is 21.6. The summed E-state index contributed by atoms with van der Waals surface area (Å²) in [6.45, 7) is 6.69. The number of nitrogens with one attached hydrogen (secondary N) is 1. The van der Waals surface area contributed by atoms with E-state index in [4.69, 9.17) is 18.9 Å². The first kappa shape index (κ1) is 21.1. The minimum atomic E-state index is -0.362.